The first-order valence-electron chi connectivity index (χ1n) is 13.8. The summed E-state index contributed by atoms with van der Waals surface area (Å²) in [7, 11) is 0.350. The van der Waals surface area contributed by atoms with Crippen LogP contribution in [0.2, 0.25) is 0 Å². The van der Waals surface area contributed by atoms with Gasteiger partial charge in [-0.25, -0.2) is 4.79 Å². The normalized spacial score (nSPS) is 18.9. The molecule has 0 radical (unpaired) electrons. The molecular formula is C32H33N2O9PS. The molecule has 13 heteroatoms. The topological polar surface area (TPSA) is 141 Å². The van der Waals surface area contributed by atoms with Crippen LogP contribution in [0.1, 0.15) is 35.4 Å². The van der Waals surface area contributed by atoms with E-state index in [1.165, 1.54) is 13.1 Å². The van der Waals surface area contributed by atoms with E-state index in [0.29, 0.717) is 11.5 Å². The average Bonchev–Trinajstić information content (AvgIpc) is 3.29. The summed E-state index contributed by atoms with van der Waals surface area (Å²) in [6.07, 6.45) is -0.130. The van der Waals surface area contributed by atoms with Crippen LogP contribution >= 0.6 is 7.15 Å². The molecule has 0 bridgehead atoms. The molecule has 0 fully saturated rings. The maximum atomic E-state index is 12.8. The quantitative estimate of drug-likeness (QED) is 0.157. The highest BCUT2D eigenvalue weighted by Crippen LogP contribution is 2.47. The summed E-state index contributed by atoms with van der Waals surface area (Å²) in [5, 5.41) is 11.3. The van der Waals surface area contributed by atoms with Gasteiger partial charge in [0.05, 0.1) is 20.8 Å². The molecule has 236 valence electrons. The van der Waals surface area contributed by atoms with E-state index in [1.54, 1.807) is 21.1 Å². The number of hydrogen-bond acceptors (Lipinski definition) is 9. The van der Waals surface area contributed by atoms with Gasteiger partial charge in [-0.2, -0.15) is 0 Å². The van der Waals surface area contributed by atoms with Crippen LogP contribution in [0.15, 0.2) is 106 Å². The predicted octanol–water partition coefficient (Wildman–Crippen LogP) is 4.44. The van der Waals surface area contributed by atoms with E-state index in [4.69, 9.17) is 35.3 Å². The fraction of sp³-hybridized carbons (Fsp3) is 0.250. The SMILES string of the molecule is COc1ccc(C(OCC2(C)OC(n3cc(C)c(=O)[nH]c3=O)C(O)=C2O[PH](O)=S)(c2ccccc2)c2ccc(OC)cc2)cc1. The Morgan fingerprint density at radius 2 is 1.49 bits per heavy atom. The van der Waals surface area contributed by atoms with Crippen LogP contribution in [0, 0.1) is 6.92 Å². The number of nitrogens with one attached hydrogen (secondary N) is 1. The lowest BCUT2D eigenvalue weighted by Gasteiger charge is -2.39. The molecule has 3 atom stereocenters. The van der Waals surface area contributed by atoms with Crippen molar-refractivity contribution in [2.75, 3.05) is 20.8 Å². The first kappa shape index (κ1) is 32.2. The van der Waals surface area contributed by atoms with Gasteiger partial charge in [0.15, 0.2) is 17.1 Å². The Morgan fingerprint density at radius 3 is 2.00 bits per heavy atom. The van der Waals surface area contributed by atoms with Crippen molar-refractivity contribution in [1.29, 1.82) is 0 Å². The van der Waals surface area contributed by atoms with E-state index in [9.17, 15) is 19.6 Å². The number of aliphatic hydroxyl groups is 1. The van der Waals surface area contributed by atoms with Gasteiger partial charge >= 0.3 is 5.69 Å². The second-order valence-electron chi connectivity index (χ2n) is 10.6. The summed E-state index contributed by atoms with van der Waals surface area (Å²) in [6, 6.07) is 24.4. The third-order valence-corrected chi connectivity index (χ3v) is 8.27. The van der Waals surface area contributed by atoms with E-state index >= 15 is 0 Å². The van der Waals surface area contributed by atoms with Crippen molar-refractivity contribution in [3.63, 3.8) is 0 Å². The molecule has 1 aromatic heterocycles. The third-order valence-electron chi connectivity index (χ3n) is 7.64. The number of hydrogen-bond donors (Lipinski definition) is 3. The van der Waals surface area contributed by atoms with Gasteiger partial charge in [-0.1, -0.05) is 54.6 Å². The molecule has 0 saturated heterocycles. The van der Waals surface area contributed by atoms with Gasteiger partial charge in [0.1, 0.15) is 17.1 Å². The molecule has 3 aromatic carbocycles. The largest absolute Gasteiger partial charge is 0.505 e. The maximum Gasteiger partial charge on any atom is 0.330 e. The number of aliphatic hydroxyl groups excluding tert-OH is 1. The molecule has 1 aliphatic rings. The maximum absolute atomic E-state index is 12.8. The van der Waals surface area contributed by atoms with Crippen molar-refractivity contribution < 1.29 is 33.5 Å². The van der Waals surface area contributed by atoms with E-state index in [-0.39, 0.29) is 17.9 Å². The number of H-pyrrole nitrogens is 1. The molecule has 2 heterocycles. The zero-order valence-corrected chi connectivity index (χ0v) is 26.8. The number of benzene rings is 3. The fourth-order valence-electron chi connectivity index (χ4n) is 5.36. The van der Waals surface area contributed by atoms with Gasteiger partial charge < -0.3 is 33.5 Å². The first-order chi connectivity index (χ1) is 21.5. The minimum absolute atomic E-state index is 0.180. The van der Waals surface area contributed by atoms with Crippen LogP contribution in [0.25, 0.3) is 0 Å². The molecule has 45 heavy (non-hydrogen) atoms. The van der Waals surface area contributed by atoms with E-state index in [0.717, 1.165) is 21.3 Å². The number of aromatic nitrogens is 2. The monoisotopic (exact) mass is 652 g/mol. The van der Waals surface area contributed by atoms with Crippen LogP contribution in [0.4, 0.5) is 0 Å². The molecule has 11 nitrogen and oxygen atoms in total. The number of methoxy groups -OCH3 is 2. The third kappa shape index (κ3) is 6.20. The summed E-state index contributed by atoms with van der Waals surface area (Å²) in [5.74, 6) is 0.631. The zero-order chi connectivity index (χ0) is 32.4. The Morgan fingerprint density at radius 1 is 0.956 bits per heavy atom. The molecule has 0 spiro atoms. The Labute approximate surface area is 264 Å². The van der Waals surface area contributed by atoms with E-state index in [1.807, 2.05) is 78.9 Å². The molecule has 3 N–H and O–H groups in total. The second kappa shape index (κ2) is 13.0. The lowest BCUT2D eigenvalue weighted by molar-refractivity contribution is -0.133. The molecule has 3 unspecified atom stereocenters. The van der Waals surface area contributed by atoms with Gasteiger partial charge in [0.2, 0.25) is 13.4 Å². The number of aromatic amines is 1. The molecule has 0 amide bonds. The first-order valence-corrected chi connectivity index (χ1v) is 16.3. The molecule has 5 rings (SSSR count). The molecular weight excluding hydrogens is 619 g/mol. The molecule has 0 aliphatic carbocycles. The van der Waals surface area contributed by atoms with Crippen molar-refractivity contribution in [1.82, 2.24) is 9.55 Å². The van der Waals surface area contributed by atoms with Gasteiger partial charge in [-0.15, -0.1) is 0 Å². The fourth-order valence-corrected chi connectivity index (χ4v) is 6.10. The van der Waals surface area contributed by atoms with Crippen molar-refractivity contribution in [2.45, 2.75) is 31.3 Å². The molecule has 1 aliphatic heterocycles. The highest BCUT2D eigenvalue weighted by atomic mass is 32.4. The minimum atomic E-state index is -2.82. The number of nitrogens with zero attached hydrogens (tertiary/aromatic N) is 1. The number of rotatable bonds is 11. The van der Waals surface area contributed by atoms with Crippen LogP contribution in [-0.2, 0) is 31.4 Å². The Hall–Kier alpha value is -4.19. The minimum Gasteiger partial charge on any atom is -0.505 e. The van der Waals surface area contributed by atoms with Crippen LogP contribution in [-0.4, -0.2) is 46.0 Å². The Kier molecular flexibility index (Phi) is 9.33. The van der Waals surface area contributed by atoms with Crippen molar-refractivity contribution in [3.05, 3.63) is 140 Å². The number of ether oxygens (including phenoxy) is 4. The van der Waals surface area contributed by atoms with E-state index < -0.39 is 41.6 Å². The van der Waals surface area contributed by atoms with Crippen molar-refractivity contribution >= 4 is 19.0 Å². The summed E-state index contributed by atoms with van der Waals surface area (Å²) >= 11 is 4.98. The van der Waals surface area contributed by atoms with Crippen molar-refractivity contribution in [3.8, 4) is 11.5 Å². The van der Waals surface area contributed by atoms with Gasteiger partial charge in [-0.3, -0.25) is 14.3 Å². The summed E-state index contributed by atoms with van der Waals surface area (Å²) in [4.78, 5) is 37.2. The smallest absolute Gasteiger partial charge is 0.330 e. The van der Waals surface area contributed by atoms with Crippen LogP contribution < -0.4 is 20.7 Å². The molecule has 0 saturated carbocycles. The summed E-state index contributed by atoms with van der Waals surface area (Å²) in [5.41, 5.74) is -1.71. The predicted molar refractivity (Wildman–Crippen MR) is 171 cm³/mol. The summed E-state index contributed by atoms with van der Waals surface area (Å²) < 4.78 is 30.7. The average molecular weight is 653 g/mol. The van der Waals surface area contributed by atoms with Crippen molar-refractivity contribution in [2.24, 2.45) is 0 Å². The lowest BCUT2D eigenvalue weighted by atomic mass is 9.79. The zero-order valence-electron chi connectivity index (χ0n) is 25.0. The highest BCUT2D eigenvalue weighted by molar-refractivity contribution is 8.00. The standard InChI is InChI=1S/C32H33N2O9PS/c1-20-18-34(30(37)33-28(20)36)29-26(35)27(43-44(38)45)31(2,42-29)19-41-32(21-8-6-5-7-9-21,22-10-14-24(39-3)15-11-22)23-12-16-25(40-4)17-13-23/h5-18,29,35,44H,19H2,1-4H3,(H,38,45)(H,33,36,37). The Bertz CT molecular complexity index is 1790. The van der Waals surface area contributed by atoms with Crippen LogP contribution in [0.3, 0.4) is 0 Å². The van der Waals surface area contributed by atoms with Gasteiger partial charge in [-0.05, 0) is 66.6 Å². The number of aryl methyl sites for hydroxylation is 1. The summed E-state index contributed by atoms with van der Waals surface area (Å²) in [6.45, 7) is 2.86. The van der Waals surface area contributed by atoms with Gasteiger partial charge in [0, 0.05) is 11.8 Å². The Balaban J connectivity index is 1.66. The second-order valence-corrected chi connectivity index (χ2v) is 12.3. The lowest BCUT2D eigenvalue weighted by Crippen LogP contribution is -2.42. The highest BCUT2D eigenvalue weighted by Gasteiger charge is 2.50. The molecule has 4 aromatic rings. The van der Waals surface area contributed by atoms with Gasteiger partial charge in [0.25, 0.3) is 5.56 Å². The van der Waals surface area contributed by atoms with Crippen LogP contribution in [0.5, 0.6) is 11.5 Å². The van der Waals surface area contributed by atoms with E-state index in [2.05, 4.69) is 4.98 Å².